The lowest BCUT2D eigenvalue weighted by Crippen LogP contribution is -2.38. The fraction of sp³-hybridized carbons (Fsp3) is 0.231. The Hall–Kier alpha value is -2.08. The van der Waals surface area contributed by atoms with Gasteiger partial charge in [0.1, 0.15) is 5.82 Å². The number of anilines is 1. The maximum atomic E-state index is 13.6. The van der Waals surface area contributed by atoms with Crippen molar-refractivity contribution in [2.24, 2.45) is 14.1 Å². The quantitative estimate of drug-likeness (QED) is 0.934. The predicted molar refractivity (Wildman–Crippen MR) is 75.7 cm³/mol. The van der Waals surface area contributed by atoms with Gasteiger partial charge in [-0.05, 0) is 18.2 Å². The summed E-state index contributed by atoms with van der Waals surface area (Å²) in [6.07, 6.45) is 1.44. The maximum absolute atomic E-state index is 13.6. The van der Waals surface area contributed by atoms with E-state index in [0.717, 1.165) is 4.57 Å². The average Bonchev–Trinajstić information content (AvgIpc) is 2.40. The molecule has 0 atom stereocenters. The second kappa shape index (κ2) is 5.50. The number of aromatic nitrogens is 2. The van der Waals surface area contributed by atoms with Crippen molar-refractivity contribution < 1.29 is 4.39 Å². The maximum Gasteiger partial charge on any atom is 0.330 e. The number of halogens is 2. The van der Waals surface area contributed by atoms with E-state index in [4.69, 9.17) is 11.6 Å². The number of rotatable bonds is 3. The molecule has 1 aromatic heterocycles. The Morgan fingerprint density at radius 1 is 1.30 bits per heavy atom. The van der Waals surface area contributed by atoms with Crippen LogP contribution >= 0.6 is 11.6 Å². The highest BCUT2D eigenvalue weighted by Crippen LogP contribution is 2.19. The molecule has 2 rings (SSSR count). The molecule has 0 radical (unpaired) electrons. The van der Waals surface area contributed by atoms with Gasteiger partial charge in [-0.25, -0.2) is 9.18 Å². The first-order valence-corrected chi connectivity index (χ1v) is 6.22. The lowest BCUT2D eigenvalue weighted by atomic mass is 10.2. The summed E-state index contributed by atoms with van der Waals surface area (Å²) in [7, 11) is 2.95. The number of nitrogens with zero attached hydrogens (tertiary/aromatic N) is 2. The van der Waals surface area contributed by atoms with Gasteiger partial charge >= 0.3 is 5.69 Å². The highest BCUT2D eigenvalue weighted by atomic mass is 35.5. The highest BCUT2D eigenvalue weighted by Gasteiger charge is 2.08. The smallest absolute Gasteiger partial charge is 0.330 e. The lowest BCUT2D eigenvalue weighted by Gasteiger charge is -2.09. The molecule has 0 fully saturated rings. The minimum Gasteiger partial charge on any atom is -0.378 e. The fourth-order valence-electron chi connectivity index (χ4n) is 1.83. The van der Waals surface area contributed by atoms with Gasteiger partial charge in [-0.2, -0.15) is 0 Å². The van der Waals surface area contributed by atoms with Gasteiger partial charge in [-0.15, -0.1) is 0 Å². The zero-order chi connectivity index (χ0) is 14.9. The SMILES string of the molecule is Cn1cc(CNc2ccc(Cl)cc2F)c(=O)n(C)c1=O. The van der Waals surface area contributed by atoms with Gasteiger partial charge in [0.25, 0.3) is 5.56 Å². The molecule has 0 aliphatic carbocycles. The van der Waals surface area contributed by atoms with Crippen molar-refractivity contribution in [3.63, 3.8) is 0 Å². The number of hydrogen-bond donors (Lipinski definition) is 1. The Labute approximate surface area is 119 Å². The van der Waals surface area contributed by atoms with Crippen LogP contribution in [0, 0.1) is 5.82 Å². The number of hydrogen-bond acceptors (Lipinski definition) is 3. The second-order valence-electron chi connectivity index (χ2n) is 4.39. The second-order valence-corrected chi connectivity index (χ2v) is 4.83. The Kier molecular flexibility index (Phi) is 3.94. The molecule has 7 heteroatoms. The number of nitrogens with one attached hydrogen (secondary N) is 1. The largest absolute Gasteiger partial charge is 0.378 e. The van der Waals surface area contributed by atoms with Crippen LogP contribution in [0.15, 0.2) is 34.0 Å². The number of aryl methyl sites for hydroxylation is 1. The van der Waals surface area contributed by atoms with Gasteiger partial charge in [0.05, 0.1) is 11.3 Å². The van der Waals surface area contributed by atoms with E-state index in [1.54, 1.807) is 13.1 Å². The molecule has 1 aromatic carbocycles. The normalized spacial score (nSPS) is 10.6. The Morgan fingerprint density at radius 2 is 2.00 bits per heavy atom. The van der Waals surface area contributed by atoms with E-state index in [0.29, 0.717) is 10.6 Å². The van der Waals surface area contributed by atoms with Gasteiger partial charge in [0.15, 0.2) is 0 Å². The molecule has 106 valence electrons. The van der Waals surface area contributed by atoms with E-state index in [1.165, 1.54) is 29.9 Å². The molecule has 0 bridgehead atoms. The third kappa shape index (κ3) is 2.75. The van der Waals surface area contributed by atoms with Crippen molar-refractivity contribution in [2.45, 2.75) is 6.54 Å². The fourth-order valence-corrected chi connectivity index (χ4v) is 1.99. The molecular formula is C13H13ClFN3O2. The van der Waals surface area contributed by atoms with Crippen LogP contribution in [0.4, 0.5) is 10.1 Å². The predicted octanol–water partition coefficient (Wildman–Crippen LogP) is 1.49. The molecule has 0 amide bonds. The zero-order valence-electron chi connectivity index (χ0n) is 11.0. The van der Waals surface area contributed by atoms with Crippen molar-refractivity contribution in [1.29, 1.82) is 0 Å². The number of benzene rings is 1. The van der Waals surface area contributed by atoms with Crippen LogP contribution in [0.2, 0.25) is 5.02 Å². The van der Waals surface area contributed by atoms with Crippen LogP contribution in [-0.2, 0) is 20.6 Å². The minimum absolute atomic E-state index is 0.110. The minimum atomic E-state index is -0.501. The standard InChI is InChI=1S/C13H13ClFN3O2/c1-17-7-8(12(19)18(2)13(17)20)6-16-11-4-3-9(14)5-10(11)15/h3-5,7,16H,6H2,1-2H3. The highest BCUT2D eigenvalue weighted by molar-refractivity contribution is 6.30. The van der Waals surface area contributed by atoms with Gasteiger partial charge in [-0.1, -0.05) is 11.6 Å². The topological polar surface area (TPSA) is 56.0 Å². The van der Waals surface area contributed by atoms with Crippen LogP contribution < -0.4 is 16.6 Å². The van der Waals surface area contributed by atoms with E-state index in [9.17, 15) is 14.0 Å². The summed E-state index contributed by atoms with van der Waals surface area (Å²) in [4.78, 5) is 23.4. The van der Waals surface area contributed by atoms with Gasteiger partial charge in [0, 0.05) is 31.9 Å². The average molecular weight is 298 g/mol. The molecular weight excluding hydrogens is 285 g/mol. The summed E-state index contributed by atoms with van der Waals surface area (Å²) < 4.78 is 15.9. The van der Waals surface area contributed by atoms with Gasteiger partial charge in [0.2, 0.25) is 0 Å². The zero-order valence-corrected chi connectivity index (χ0v) is 11.7. The van der Waals surface area contributed by atoms with Gasteiger partial charge < -0.3 is 9.88 Å². The summed E-state index contributed by atoms with van der Waals surface area (Å²) in [5.74, 6) is -0.501. The van der Waals surface area contributed by atoms with Crippen LogP contribution in [0.1, 0.15) is 5.56 Å². The molecule has 20 heavy (non-hydrogen) atoms. The summed E-state index contributed by atoms with van der Waals surface area (Å²) in [6.45, 7) is 0.110. The monoisotopic (exact) mass is 297 g/mol. The Bertz CT molecular complexity index is 767. The molecule has 0 saturated carbocycles. The van der Waals surface area contributed by atoms with Crippen LogP contribution in [-0.4, -0.2) is 9.13 Å². The van der Waals surface area contributed by atoms with Crippen LogP contribution in [0.5, 0.6) is 0 Å². The first kappa shape index (κ1) is 14.3. The van der Waals surface area contributed by atoms with E-state index in [1.807, 2.05) is 0 Å². The molecule has 0 aliphatic heterocycles. The molecule has 0 spiro atoms. The molecule has 1 heterocycles. The molecule has 5 nitrogen and oxygen atoms in total. The van der Waals surface area contributed by atoms with Crippen molar-refractivity contribution in [3.05, 3.63) is 61.6 Å². The molecule has 0 aliphatic rings. The molecule has 1 N–H and O–H groups in total. The van der Waals surface area contributed by atoms with Crippen molar-refractivity contribution in [1.82, 2.24) is 9.13 Å². The summed E-state index contributed by atoms with van der Waals surface area (Å²) in [6, 6.07) is 4.22. The van der Waals surface area contributed by atoms with E-state index < -0.39 is 17.1 Å². The first-order valence-electron chi connectivity index (χ1n) is 5.84. The molecule has 0 unspecified atom stereocenters. The summed E-state index contributed by atoms with van der Waals surface area (Å²) in [5.41, 5.74) is -0.208. The van der Waals surface area contributed by atoms with Crippen LogP contribution in [0.25, 0.3) is 0 Å². The van der Waals surface area contributed by atoms with E-state index in [2.05, 4.69) is 5.32 Å². The summed E-state index contributed by atoms with van der Waals surface area (Å²) in [5, 5.41) is 3.11. The molecule has 2 aromatic rings. The Morgan fingerprint density at radius 3 is 2.65 bits per heavy atom. The van der Waals surface area contributed by atoms with Crippen molar-refractivity contribution in [3.8, 4) is 0 Å². The first-order chi connectivity index (χ1) is 9.40. The van der Waals surface area contributed by atoms with E-state index in [-0.39, 0.29) is 12.2 Å². The van der Waals surface area contributed by atoms with E-state index >= 15 is 0 Å². The van der Waals surface area contributed by atoms with Crippen LogP contribution in [0.3, 0.4) is 0 Å². The Balaban J connectivity index is 2.28. The summed E-state index contributed by atoms with van der Waals surface area (Å²) >= 11 is 5.66. The van der Waals surface area contributed by atoms with Crippen molar-refractivity contribution >= 4 is 17.3 Å². The third-order valence-electron chi connectivity index (χ3n) is 2.92. The molecule has 0 saturated heterocycles. The van der Waals surface area contributed by atoms with Crippen molar-refractivity contribution in [2.75, 3.05) is 5.32 Å². The third-order valence-corrected chi connectivity index (χ3v) is 3.15. The van der Waals surface area contributed by atoms with Gasteiger partial charge in [-0.3, -0.25) is 9.36 Å². The lowest BCUT2D eigenvalue weighted by molar-refractivity contribution is 0.629.